The van der Waals surface area contributed by atoms with Crippen molar-refractivity contribution in [2.45, 2.75) is 19.5 Å². The first-order chi connectivity index (χ1) is 9.82. The lowest BCUT2D eigenvalue weighted by molar-refractivity contribution is -0.138. The summed E-state index contributed by atoms with van der Waals surface area (Å²) in [5, 5.41) is 0. The SMILES string of the molecule is COc1cc(N)c(C)c(Cc2ccccc2C(F)(F)F)c1. The van der Waals surface area contributed by atoms with Crippen molar-refractivity contribution in [2.24, 2.45) is 0 Å². The van der Waals surface area contributed by atoms with Crippen LogP contribution in [-0.4, -0.2) is 7.11 Å². The second kappa shape index (κ2) is 5.68. The normalized spacial score (nSPS) is 11.5. The van der Waals surface area contributed by atoms with Gasteiger partial charge in [0.05, 0.1) is 12.7 Å². The smallest absolute Gasteiger partial charge is 0.416 e. The van der Waals surface area contributed by atoms with Crippen LogP contribution in [0.5, 0.6) is 5.75 Å². The Morgan fingerprint density at radius 1 is 1.10 bits per heavy atom. The highest BCUT2D eigenvalue weighted by atomic mass is 19.4. The highest BCUT2D eigenvalue weighted by Crippen LogP contribution is 2.34. The average Bonchev–Trinajstić information content (AvgIpc) is 2.43. The molecule has 2 aromatic rings. The molecule has 5 heteroatoms. The third-order valence-corrected chi connectivity index (χ3v) is 3.47. The fourth-order valence-electron chi connectivity index (χ4n) is 2.23. The van der Waals surface area contributed by atoms with Gasteiger partial charge in [-0.25, -0.2) is 0 Å². The molecule has 0 spiro atoms. The van der Waals surface area contributed by atoms with E-state index in [1.807, 2.05) is 0 Å². The molecule has 0 bridgehead atoms. The molecule has 0 aliphatic rings. The molecule has 2 rings (SSSR count). The molecular formula is C16H16F3NO. The maximum absolute atomic E-state index is 13.0. The Hall–Kier alpha value is -2.17. The maximum Gasteiger partial charge on any atom is 0.416 e. The number of hydrogen-bond donors (Lipinski definition) is 1. The molecule has 112 valence electrons. The molecule has 0 aliphatic heterocycles. The molecule has 21 heavy (non-hydrogen) atoms. The molecule has 0 saturated heterocycles. The number of alkyl halides is 3. The zero-order valence-electron chi connectivity index (χ0n) is 11.8. The number of methoxy groups -OCH3 is 1. The standard InChI is InChI=1S/C16H16F3NO/c1-10-12(8-13(21-2)9-15(10)20)7-11-5-3-4-6-14(11)16(17,18)19/h3-6,8-9H,7,20H2,1-2H3. The Bertz CT molecular complexity index is 650. The number of nitrogen functional groups attached to an aromatic ring is 1. The van der Waals surface area contributed by atoms with E-state index in [-0.39, 0.29) is 12.0 Å². The van der Waals surface area contributed by atoms with Crippen LogP contribution in [0.4, 0.5) is 18.9 Å². The van der Waals surface area contributed by atoms with Gasteiger partial charge in [-0.2, -0.15) is 13.2 Å². The number of halogens is 3. The molecule has 2 aromatic carbocycles. The molecule has 0 unspecified atom stereocenters. The Morgan fingerprint density at radius 2 is 1.76 bits per heavy atom. The van der Waals surface area contributed by atoms with Gasteiger partial charge in [0.15, 0.2) is 0 Å². The van der Waals surface area contributed by atoms with Gasteiger partial charge >= 0.3 is 6.18 Å². The highest BCUT2D eigenvalue weighted by Gasteiger charge is 2.32. The van der Waals surface area contributed by atoms with Gasteiger partial charge in [-0.05, 0) is 42.2 Å². The lowest BCUT2D eigenvalue weighted by Crippen LogP contribution is -2.10. The molecule has 0 fully saturated rings. The van der Waals surface area contributed by atoms with Gasteiger partial charge in [0.1, 0.15) is 5.75 Å². The number of hydrogen-bond acceptors (Lipinski definition) is 2. The summed E-state index contributed by atoms with van der Waals surface area (Å²) in [6, 6.07) is 8.95. The molecular weight excluding hydrogens is 279 g/mol. The first kappa shape index (κ1) is 15.2. The first-order valence-electron chi connectivity index (χ1n) is 6.41. The van der Waals surface area contributed by atoms with Crippen molar-refractivity contribution >= 4 is 5.69 Å². The van der Waals surface area contributed by atoms with Gasteiger partial charge in [-0.1, -0.05) is 18.2 Å². The van der Waals surface area contributed by atoms with Crippen LogP contribution in [0.25, 0.3) is 0 Å². The van der Waals surface area contributed by atoms with Crippen LogP contribution < -0.4 is 10.5 Å². The number of rotatable bonds is 3. The van der Waals surface area contributed by atoms with Crippen LogP contribution >= 0.6 is 0 Å². The van der Waals surface area contributed by atoms with Crippen molar-refractivity contribution in [2.75, 3.05) is 12.8 Å². The summed E-state index contributed by atoms with van der Waals surface area (Å²) in [5.41, 5.74) is 7.48. The Morgan fingerprint density at radius 3 is 2.38 bits per heavy atom. The van der Waals surface area contributed by atoms with Crippen molar-refractivity contribution in [3.8, 4) is 5.75 Å². The van der Waals surface area contributed by atoms with Crippen LogP contribution in [0.15, 0.2) is 36.4 Å². The third-order valence-electron chi connectivity index (χ3n) is 3.47. The Balaban J connectivity index is 2.46. The molecule has 0 amide bonds. The van der Waals surface area contributed by atoms with Gasteiger partial charge in [0.2, 0.25) is 0 Å². The van der Waals surface area contributed by atoms with Gasteiger partial charge in [-0.15, -0.1) is 0 Å². The van der Waals surface area contributed by atoms with Crippen LogP contribution in [0, 0.1) is 6.92 Å². The second-order valence-electron chi connectivity index (χ2n) is 4.83. The van der Waals surface area contributed by atoms with Crippen LogP contribution in [0.1, 0.15) is 22.3 Å². The zero-order chi connectivity index (χ0) is 15.6. The van der Waals surface area contributed by atoms with E-state index in [2.05, 4.69) is 0 Å². The Kier molecular flexibility index (Phi) is 4.11. The monoisotopic (exact) mass is 295 g/mol. The van der Waals surface area contributed by atoms with E-state index in [1.54, 1.807) is 25.1 Å². The molecule has 0 saturated carbocycles. The van der Waals surface area contributed by atoms with E-state index in [0.717, 1.165) is 17.2 Å². The quantitative estimate of drug-likeness (QED) is 0.861. The fraction of sp³-hybridized carbons (Fsp3) is 0.250. The van der Waals surface area contributed by atoms with E-state index in [0.29, 0.717) is 11.4 Å². The van der Waals surface area contributed by atoms with Crippen molar-refractivity contribution in [1.82, 2.24) is 0 Å². The van der Waals surface area contributed by atoms with E-state index in [1.165, 1.54) is 19.2 Å². The third kappa shape index (κ3) is 3.29. The average molecular weight is 295 g/mol. The van der Waals surface area contributed by atoms with E-state index in [4.69, 9.17) is 10.5 Å². The molecule has 2 N–H and O–H groups in total. The summed E-state index contributed by atoms with van der Waals surface area (Å²) < 4.78 is 44.2. The minimum Gasteiger partial charge on any atom is -0.497 e. The summed E-state index contributed by atoms with van der Waals surface area (Å²) >= 11 is 0. The van der Waals surface area contributed by atoms with E-state index in [9.17, 15) is 13.2 Å². The van der Waals surface area contributed by atoms with Crippen molar-refractivity contribution in [1.29, 1.82) is 0 Å². The van der Waals surface area contributed by atoms with Crippen LogP contribution in [0.2, 0.25) is 0 Å². The van der Waals surface area contributed by atoms with E-state index < -0.39 is 11.7 Å². The molecule has 0 heterocycles. The molecule has 2 nitrogen and oxygen atoms in total. The van der Waals surface area contributed by atoms with Crippen molar-refractivity contribution in [3.63, 3.8) is 0 Å². The van der Waals surface area contributed by atoms with Gasteiger partial charge in [-0.3, -0.25) is 0 Å². The molecule has 0 radical (unpaired) electrons. The minimum atomic E-state index is -4.37. The first-order valence-corrected chi connectivity index (χ1v) is 6.41. The summed E-state index contributed by atoms with van der Waals surface area (Å²) in [5.74, 6) is 0.539. The zero-order valence-corrected chi connectivity index (χ0v) is 11.8. The molecule has 0 atom stereocenters. The topological polar surface area (TPSA) is 35.2 Å². The van der Waals surface area contributed by atoms with Crippen LogP contribution in [0.3, 0.4) is 0 Å². The largest absolute Gasteiger partial charge is 0.497 e. The summed E-state index contributed by atoms with van der Waals surface area (Å²) in [6.07, 6.45) is -4.21. The fourth-order valence-corrected chi connectivity index (χ4v) is 2.23. The Labute approximate surface area is 121 Å². The highest BCUT2D eigenvalue weighted by molar-refractivity contribution is 5.56. The van der Waals surface area contributed by atoms with Gasteiger partial charge < -0.3 is 10.5 Å². The maximum atomic E-state index is 13.0. The van der Waals surface area contributed by atoms with Gasteiger partial charge in [0.25, 0.3) is 0 Å². The minimum absolute atomic E-state index is 0.156. The van der Waals surface area contributed by atoms with Crippen LogP contribution in [-0.2, 0) is 12.6 Å². The lowest BCUT2D eigenvalue weighted by atomic mass is 9.95. The van der Waals surface area contributed by atoms with Crippen molar-refractivity contribution < 1.29 is 17.9 Å². The summed E-state index contributed by atoms with van der Waals surface area (Å²) in [7, 11) is 1.50. The second-order valence-corrected chi connectivity index (χ2v) is 4.83. The van der Waals surface area contributed by atoms with Crippen molar-refractivity contribution in [3.05, 3.63) is 58.7 Å². The predicted octanol–water partition coefficient (Wildman–Crippen LogP) is 4.20. The summed E-state index contributed by atoms with van der Waals surface area (Å²) in [4.78, 5) is 0. The number of ether oxygens (including phenoxy) is 1. The molecule has 0 aromatic heterocycles. The van der Waals surface area contributed by atoms with E-state index >= 15 is 0 Å². The number of anilines is 1. The predicted molar refractivity (Wildman–Crippen MR) is 76.4 cm³/mol. The molecule has 0 aliphatic carbocycles. The number of benzene rings is 2. The summed E-state index contributed by atoms with van der Waals surface area (Å²) in [6.45, 7) is 1.79. The lowest BCUT2D eigenvalue weighted by Gasteiger charge is -2.15. The number of nitrogens with two attached hydrogens (primary N) is 1. The van der Waals surface area contributed by atoms with Gasteiger partial charge in [0, 0.05) is 11.8 Å².